The van der Waals surface area contributed by atoms with Crippen LogP contribution in [0.2, 0.25) is 0 Å². The molecule has 8 nitrogen and oxygen atoms in total. The summed E-state index contributed by atoms with van der Waals surface area (Å²) in [5.74, 6) is 2.83. The lowest BCUT2D eigenvalue weighted by Crippen LogP contribution is -2.37. The first-order valence-corrected chi connectivity index (χ1v) is 11.6. The monoisotopic (exact) mass is 431 g/mol. The zero-order chi connectivity index (χ0) is 21.9. The molecule has 3 rings (SSSR count). The van der Waals surface area contributed by atoms with Gasteiger partial charge < -0.3 is 30.3 Å². The minimum Gasteiger partial charge on any atom is -0.490 e. The molecule has 2 aliphatic rings. The van der Waals surface area contributed by atoms with Crippen molar-refractivity contribution in [2.75, 3.05) is 57.8 Å². The Kier molecular flexibility index (Phi) is 9.27. The Morgan fingerprint density at radius 3 is 2.71 bits per heavy atom. The molecule has 1 aromatic carbocycles. The fourth-order valence-corrected chi connectivity index (χ4v) is 3.72. The minimum absolute atomic E-state index is 0.0811. The van der Waals surface area contributed by atoms with E-state index >= 15 is 0 Å². The summed E-state index contributed by atoms with van der Waals surface area (Å²) >= 11 is 0. The molecule has 0 aliphatic carbocycles. The molecule has 8 heteroatoms. The van der Waals surface area contributed by atoms with Gasteiger partial charge in [-0.25, -0.2) is 4.99 Å². The van der Waals surface area contributed by atoms with Crippen LogP contribution in [0.3, 0.4) is 0 Å². The number of rotatable bonds is 8. The number of fused-ring (bicyclic) bond motifs is 1. The Bertz CT molecular complexity index is 732. The van der Waals surface area contributed by atoms with Gasteiger partial charge in [0, 0.05) is 31.3 Å². The normalized spacial score (nSPS) is 17.7. The van der Waals surface area contributed by atoms with Gasteiger partial charge in [-0.3, -0.25) is 4.79 Å². The number of amides is 1. The summed E-state index contributed by atoms with van der Waals surface area (Å²) in [4.78, 5) is 18.9. The molecular weight excluding hydrogens is 394 g/mol. The third-order valence-electron chi connectivity index (χ3n) is 5.58. The summed E-state index contributed by atoms with van der Waals surface area (Å²) in [6, 6.07) is 5.76. The average molecular weight is 432 g/mol. The zero-order valence-corrected chi connectivity index (χ0v) is 18.9. The van der Waals surface area contributed by atoms with Gasteiger partial charge >= 0.3 is 0 Å². The van der Waals surface area contributed by atoms with Crippen molar-refractivity contribution < 1.29 is 14.3 Å². The van der Waals surface area contributed by atoms with Gasteiger partial charge in [0.15, 0.2) is 17.5 Å². The van der Waals surface area contributed by atoms with E-state index in [1.54, 1.807) is 0 Å². The van der Waals surface area contributed by atoms with Crippen molar-refractivity contribution in [3.05, 3.63) is 18.2 Å². The molecule has 2 heterocycles. The van der Waals surface area contributed by atoms with Crippen molar-refractivity contribution in [1.82, 2.24) is 15.5 Å². The van der Waals surface area contributed by atoms with Crippen LogP contribution < -0.4 is 25.4 Å². The summed E-state index contributed by atoms with van der Waals surface area (Å²) in [5.41, 5.74) is 0.844. The molecule has 1 amide bonds. The molecule has 0 bridgehead atoms. The number of anilines is 1. The molecule has 0 radical (unpaired) electrons. The van der Waals surface area contributed by atoms with Gasteiger partial charge in [0.05, 0.1) is 13.2 Å². The van der Waals surface area contributed by atoms with E-state index in [9.17, 15) is 4.79 Å². The molecule has 0 spiro atoms. The van der Waals surface area contributed by atoms with Crippen LogP contribution >= 0.6 is 0 Å². The van der Waals surface area contributed by atoms with Crippen LogP contribution in [0.15, 0.2) is 23.2 Å². The third-order valence-corrected chi connectivity index (χ3v) is 5.58. The van der Waals surface area contributed by atoms with Gasteiger partial charge in [0.1, 0.15) is 6.54 Å². The Morgan fingerprint density at radius 2 is 1.94 bits per heavy atom. The Labute approximate surface area is 185 Å². The van der Waals surface area contributed by atoms with Crippen LogP contribution in [0, 0.1) is 5.92 Å². The number of guanidine groups is 1. The lowest BCUT2D eigenvalue weighted by Gasteiger charge is -2.30. The Balaban J connectivity index is 1.55. The number of carbonyl (C=O) groups is 1. The first-order chi connectivity index (χ1) is 15.1. The van der Waals surface area contributed by atoms with E-state index in [1.807, 2.05) is 25.1 Å². The number of likely N-dealkylation sites (tertiary alicyclic amines) is 1. The van der Waals surface area contributed by atoms with Crippen molar-refractivity contribution >= 4 is 17.6 Å². The van der Waals surface area contributed by atoms with E-state index in [-0.39, 0.29) is 12.5 Å². The first kappa shape index (κ1) is 23.2. The fourth-order valence-electron chi connectivity index (χ4n) is 3.72. The van der Waals surface area contributed by atoms with E-state index in [1.165, 1.54) is 25.9 Å². The SMILES string of the molecule is CCNC(=O)CN=C(NCCCN1CCC(C)CC1)Nc1ccc2c(c1)OCCCO2. The quantitative estimate of drug-likeness (QED) is 0.333. The number of carbonyl (C=O) groups excluding carboxylic acids is 1. The van der Waals surface area contributed by atoms with Crippen molar-refractivity contribution in [2.45, 2.75) is 39.5 Å². The van der Waals surface area contributed by atoms with Gasteiger partial charge in [-0.15, -0.1) is 0 Å². The van der Waals surface area contributed by atoms with E-state index in [2.05, 4.69) is 32.8 Å². The van der Waals surface area contributed by atoms with E-state index in [0.29, 0.717) is 25.7 Å². The molecular formula is C23H37N5O3. The standard InChI is InChI=1S/C23H37N5O3/c1-3-24-22(29)17-26-23(25-10-4-11-28-12-8-18(2)9-13-28)27-19-6-7-20-21(16-19)31-15-5-14-30-20/h6-7,16,18H,3-5,8-15,17H2,1-2H3,(H,24,29)(H2,25,26,27). The Morgan fingerprint density at radius 1 is 1.16 bits per heavy atom. The van der Waals surface area contributed by atoms with Gasteiger partial charge in [-0.05, 0) is 63.9 Å². The number of nitrogens with one attached hydrogen (secondary N) is 3. The molecule has 3 N–H and O–H groups in total. The van der Waals surface area contributed by atoms with E-state index in [0.717, 1.165) is 49.0 Å². The molecule has 0 saturated carbocycles. The number of nitrogens with zero attached hydrogens (tertiary/aromatic N) is 2. The second kappa shape index (κ2) is 12.4. The van der Waals surface area contributed by atoms with Crippen molar-refractivity contribution in [1.29, 1.82) is 0 Å². The minimum atomic E-state index is -0.0929. The molecule has 0 unspecified atom stereocenters. The van der Waals surface area contributed by atoms with Crippen LogP contribution in [0.1, 0.15) is 39.5 Å². The van der Waals surface area contributed by atoms with Gasteiger partial charge in [0.2, 0.25) is 5.91 Å². The summed E-state index contributed by atoms with van der Waals surface area (Å²) in [6.45, 7) is 10.5. The van der Waals surface area contributed by atoms with Crippen LogP contribution in [0.5, 0.6) is 11.5 Å². The summed E-state index contributed by atoms with van der Waals surface area (Å²) < 4.78 is 11.5. The highest BCUT2D eigenvalue weighted by atomic mass is 16.5. The molecule has 0 atom stereocenters. The lowest BCUT2D eigenvalue weighted by molar-refractivity contribution is -0.119. The van der Waals surface area contributed by atoms with Crippen LogP contribution in [-0.4, -0.2) is 69.2 Å². The van der Waals surface area contributed by atoms with Crippen LogP contribution in [0.25, 0.3) is 0 Å². The van der Waals surface area contributed by atoms with E-state index in [4.69, 9.17) is 9.47 Å². The topological polar surface area (TPSA) is 87.2 Å². The maximum absolute atomic E-state index is 11.9. The maximum atomic E-state index is 11.9. The maximum Gasteiger partial charge on any atom is 0.241 e. The highest BCUT2D eigenvalue weighted by molar-refractivity contribution is 5.95. The van der Waals surface area contributed by atoms with Crippen LogP contribution in [-0.2, 0) is 4.79 Å². The van der Waals surface area contributed by atoms with Crippen molar-refractivity contribution in [2.24, 2.45) is 10.9 Å². The summed E-state index contributed by atoms with van der Waals surface area (Å²) in [6.07, 6.45) is 4.47. The lowest BCUT2D eigenvalue weighted by atomic mass is 9.99. The van der Waals surface area contributed by atoms with Gasteiger partial charge in [0.25, 0.3) is 0 Å². The first-order valence-electron chi connectivity index (χ1n) is 11.6. The second-order valence-electron chi connectivity index (χ2n) is 8.26. The molecule has 1 saturated heterocycles. The molecule has 31 heavy (non-hydrogen) atoms. The van der Waals surface area contributed by atoms with Crippen molar-refractivity contribution in [3.63, 3.8) is 0 Å². The molecule has 2 aliphatic heterocycles. The number of benzene rings is 1. The zero-order valence-electron chi connectivity index (χ0n) is 18.9. The second-order valence-corrected chi connectivity index (χ2v) is 8.26. The predicted molar refractivity (Wildman–Crippen MR) is 124 cm³/mol. The van der Waals surface area contributed by atoms with Crippen LogP contribution in [0.4, 0.5) is 5.69 Å². The predicted octanol–water partition coefficient (Wildman–Crippen LogP) is 2.46. The smallest absolute Gasteiger partial charge is 0.241 e. The number of ether oxygens (including phenoxy) is 2. The van der Waals surface area contributed by atoms with Crippen molar-refractivity contribution in [3.8, 4) is 11.5 Å². The molecule has 1 aromatic rings. The highest BCUT2D eigenvalue weighted by Gasteiger charge is 2.15. The number of hydrogen-bond acceptors (Lipinski definition) is 5. The third kappa shape index (κ3) is 7.94. The largest absolute Gasteiger partial charge is 0.490 e. The number of piperidine rings is 1. The molecule has 1 fully saturated rings. The number of likely N-dealkylation sites (N-methyl/N-ethyl adjacent to an activating group) is 1. The summed E-state index contributed by atoms with van der Waals surface area (Å²) in [5, 5.41) is 9.45. The summed E-state index contributed by atoms with van der Waals surface area (Å²) in [7, 11) is 0. The van der Waals surface area contributed by atoms with Gasteiger partial charge in [-0.1, -0.05) is 6.92 Å². The molecule has 172 valence electrons. The van der Waals surface area contributed by atoms with Gasteiger partial charge in [-0.2, -0.15) is 0 Å². The number of hydrogen-bond donors (Lipinski definition) is 3. The fraction of sp³-hybridized carbons (Fsp3) is 0.652. The molecule has 0 aromatic heterocycles. The van der Waals surface area contributed by atoms with E-state index < -0.39 is 0 Å². The number of aliphatic imine (C=N–C) groups is 1. The average Bonchev–Trinajstić information content (AvgIpc) is 3.01. The Hall–Kier alpha value is -2.48. The highest BCUT2D eigenvalue weighted by Crippen LogP contribution is 2.32.